The number of carbonyl (C=O) groups excluding carboxylic acids is 1. The lowest BCUT2D eigenvalue weighted by Gasteiger charge is -2.15. The summed E-state index contributed by atoms with van der Waals surface area (Å²) in [5.41, 5.74) is -0.340. The number of hydrogen-bond donors (Lipinski definition) is 0. The maximum Gasteiger partial charge on any atom is 0.332 e. The Morgan fingerprint density at radius 2 is 1.76 bits per heavy atom. The second-order valence-corrected chi connectivity index (χ2v) is 5.27. The first-order chi connectivity index (χ1) is 10.0. The van der Waals surface area contributed by atoms with E-state index in [2.05, 4.69) is 4.98 Å². The average molecular weight is 288 g/mol. The molecule has 1 aliphatic heterocycles. The molecule has 7 heteroatoms. The van der Waals surface area contributed by atoms with E-state index in [1.54, 1.807) is 24.1 Å². The third-order valence-corrected chi connectivity index (χ3v) is 3.91. The van der Waals surface area contributed by atoms with Crippen LogP contribution in [0.15, 0.2) is 21.7 Å². The lowest BCUT2D eigenvalue weighted by Crippen LogP contribution is -2.37. The van der Waals surface area contributed by atoms with Gasteiger partial charge in [0.05, 0.1) is 5.39 Å². The Labute approximate surface area is 120 Å². The highest BCUT2D eigenvalue weighted by molar-refractivity contribution is 5.94. The maximum absolute atomic E-state index is 12.3. The van der Waals surface area contributed by atoms with Crippen molar-refractivity contribution in [1.29, 1.82) is 0 Å². The Kier molecular flexibility index (Phi) is 3.12. The lowest BCUT2D eigenvalue weighted by atomic mass is 10.2. The molecule has 110 valence electrons. The number of nitrogens with zero attached hydrogens (tertiary/aromatic N) is 4. The Bertz CT molecular complexity index is 844. The van der Waals surface area contributed by atoms with Gasteiger partial charge in [-0.15, -0.1) is 0 Å². The highest BCUT2D eigenvalue weighted by Crippen LogP contribution is 2.13. The summed E-state index contributed by atoms with van der Waals surface area (Å²) in [7, 11) is 2.97. The topological polar surface area (TPSA) is 77.2 Å². The number of aryl methyl sites for hydroxylation is 1. The number of fused-ring (bicyclic) bond motifs is 1. The molecular formula is C14H16N4O3. The quantitative estimate of drug-likeness (QED) is 0.732. The van der Waals surface area contributed by atoms with Crippen LogP contribution in [0.2, 0.25) is 0 Å². The molecular weight excluding hydrogens is 272 g/mol. The molecule has 0 atom stereocenters. The van der Waals surface area contributed by atoms with E-state index in [0.717, 1.165) is 30.5 Å². The number of carbonyl (C=O) groups is 1. The molecule has 2 aromatic heterocycles. The van der Waals surface area contributed by atoms with E-state index in [0.29, 0.717) is 5.39 Å². The standard InChI is InChI=1S/C14H16N4O3/c1-16-11-9(12(19)17(2)14(16)21)5-6-10(15-11)13(20)18-7-3-4-8-18/h5-6H,3-4,7-8H2,1-2H3. The Hall–Kier alpha value is -2.44. The molecule has 1 saturated heterocycles. The smallest absolute Gasteiger partial charge is 0.332 e. The van der Waals surface area contributed by atoms with Gasteiger partial charge >= 0.3 is 5.69 Å². The van der Waals surface area contributed by atoms with Gasteiger partial charge in [-0.1, -0.05) is 0 Å². The lowest BCUT2D eigenvalue weighted by molar-refractivity contribution is 0.0787. The molecule has 1 fully saturated rings. The van der Waals surface area contributed by atoms with Crippen molar-refractivity contribution in [2.75, 3.05) is 13.1 Å². The van der Waals surface area contributed by atoms with E-state index in [9.17, 15) is 14.4 Å². The second-order valence-electron chi connectivity index (χ2n) is 5.27. The van der Waals surface area contributed by atoms with Crippen LogP contribution in [0.5, 0.6) is 0 Å². The normalized spacial score (nSPS) is 14.9. The van der Waals surface area contributed by atoms with Gasteiger partial charge in [0.2, 0.25) is 0 Å². The minimum absolute atomic E-state index is 0.150. The van der Waals surface area contributed by atoms with Crippen LogP contribution in [-0.4, -0.2) is 38.0 Å². The van der Waals surface area contributed by atoms with Gasteiger partial charge in [0.15, 0.2) is 0 Å². The SMILES string of the molecule is Cn1c(=O)c2ccc(C(=O)N3CCCC3)nc2n(C)c1=O. The molecule has 0 aromatic carbocycles. The van der Waals surface area contributed by atoms with Crippen LogP contribution in [0.4, 0.5) is 0 Å². The predicted molar refractivity (Wildman–Crippen MR) is 77.4 cm³/mol. The molecule has 3 heterocycles. The molecule has 21 heavy (non-hydrogen) atoms. The van der Waals surface area contributed by atoms with Crippen molar-refractivity contribution >= 4 is 16.9 Å². The van der Waals surface area contributed by atoms with Crippen molar-refractivity contribution in [2.24, 2.45) is 14.1 Å². The second kappa shape index (κ2) is 4.83. The minimum Gasteiger partial charge on any atom is -0.337 e. The molecule has 0 N–H and O–H groups in total. The average Bonchev–Trinajstić information content (AvgIpc) is 3.04. The summed E-state index contributed by atoms with van der Waals surface area (Å²) in [4.78, 5) is 42.3. The van der Waals surface area contributed by atoms with Gasteiger partial charge in [-0.3, -0.25) is 18.7 Å². The zero-order valence-corrected chi connectivity index (χ0v) is 12.0. The third-order valence-electron chi connectivity index (χ3n) is 3.91. The summed E-state index contributed by atoms with van der Waals surface area (Å²) in [6.45, 7) is 1.46. The summed E-state index contributed by atoms with van der Waals surface area (Å²) in [6.07, 6.45) is 2.00. The van der Waals surface area contributed by atoms with Gasteiger partial charge in [-0.2, -0.15) is 0 Å². The minimum atomic E-state index is -0.453. The molecule has 0 saturated carbocycles. The summed E-state index contributed by atoms with van der Waals surface area (Å²) in [6, 6.07) is 3.11. The van der Waals surface area contributed by atoms with Crippen LogP contribution in [0, 0.1) is 0 Å². The van der Waals surface area contributed by atoms with Crippen molar-refractivity contribution in [3.8, 4) is 0 Å². The molecule has 1 aliphatic rings. The zero-order valence-electron chi connectivity index (χ0n) is 12.0. The maximum atomic E-state index is 12.3. The van der Waals surface area contributed by atoms with Crippen LogP contribution in [0.1, 0.15) is 23.3 Å². The summed E-state index contributed by atoms with van der Waals surface area (Å²) in [5, 5.41) is 0.331. The molecule has 3 rings (SSSR count). The number of aromatic nitrogens is 3. The number of hydrogen-bond acceptors (Lipinski definition) is 4. The predicted octanol–water partition coefficient (Wildman–Crippen LogP) is -0.132. The van der Waals surface area contributed by atoms with Crippen molar-refractivity contribution in [3.63, 3.8) is 0 Å². The first-order valence-electron chi connectivity index (χ1n) is 6.87. The monoisotopic (exact) mass is 288 g/mol. The van der Waals surface area contributed by atoms with Crippen LogP contribution in [0.25, 0.3) is 11.0 Å². The van der Waals surface area contributed by atoms with E-state index < -0.39 is 11.2 Å². The number of likely N-dealkylation sites (tertiary alicyclic amines) is 1. The van der Waals surface area contributed by atoms with Gasteiger partial charge in [0.1, 0.15) is 11.3 Å². The Morgan fingerprint density at radius 1 is 1.10 bits per heavy atom. The zero-order chi connectivity index (χ0) is 15.1. The molecule has 2 aromatic rings. The van der Waals surface area contributed by atoms with E-state index >= 15 is 0 Å². The molecule has 0 radical (unpaired) electrons. The van der Waals surface area contributed by atoms with Gasteiger partial charge < -0.3 is 4.90 Å². The van der Waals surface area contributed by atoms with Crippen molar-refractivity contribution in [1.82, 2.24) is 19.0 Å². The van der Waals surface area contributed by atoms with Crippen LogP contribution in [-0.2, 0) is 14.1 Å². The van der Waals surface area contributed by atoms with Crippen molar-refractivity contribution in [2.45, 2.75) is 12.8 Å². The number of amides is 1. The van der Waals surface area contributed by atoms with Gasteiger partial charge in [0, 0.05) is 27.2 Å². The summed E-state index contributed by atoms with van der Waals surface area (Å²) < 4.78 is 2.32. The Morgan fingerprint density at radius 3 is 2.43 bits per heavy atom. The molecule has 0 unspecified atom stereocenters. The largest absolute Gasteiger partial charge is 0.337 e. The molecule has 0 spiro atoms. The van der Waals surface area contributed by atoms with Crippen LogP contribution < -0.4 is 11.2 Å². The van der Waals surface area contributed by atoms with E-state index in [1.165, 1.54) is 11.6 Å². The first-order valence-corrected chi connectivity index (χ1v) is 6.87. The van der Waals surface area contributed by atoms with Gasteiger partial charge in [-0.05, 0) is 25.0 Å². The summed E-state index contributed by atoms with van der Waals surface area (Å²) in [5.74, 6) is -0.150. The Balaban J connectivity index is 2.18. The van der Waals surface area contributed by atoms with E-state index in [4.69, 9.17) is 0 Å². The van der Waals surface area contributed by atoms with Crippen LogP contribution >= 0.6 is 0 Å². The first kappa shape index (κ1) is 13.5. The fourth-order valence-electron chi connectivity index (χ4n) is 2.66. The van der Waals surface area contributed by atoms with Crippen molar-refractivity contribution in [3.05, 3.63) is 38.7 Å². The van der Waals surface area contributed by atoms with Gasteiger partial charge in [0.25, 0.3) is 11.5 Å². The van der Waals surface area contributed by atoms with Crippen molar-refractivity contribution < 1.29 is 4.79 Å². The van der Waals surface area contributed by atoms with E-state index in [1.807, 2.05) is 0 Å². The highest BCUT2D eigenvalue weighted by Gasteiger charge is 2.21. The molecule has 1 amide bonds. The highest BCUT2D eigenvalue weighted by atomic mass is 16.2. The molecule has 0 aliphatic carbocycles. The number of pyridine rings is 1. The van der Waals surface area contributed by atoms with Gasteiger partial charge in [-0.25, -0.2) is 9.78 Å². The fraction of sp³-hybridized carbons (Fsp3) is 0.429. The van der Waals surface area contributed by atoms with E-state index in [-0.39, 0.29) is 17.2 Å². The molecule has 7 nitrogen and oxygen atoms in total. The molecule has 0 bridgehead atoms. The summed E-state index contributed by atoms with van der Waals surface area (Å²) >= 11 is 0. The third kappa shape index (κ3) is 2.05. The number of rotatable bonds is 1. The fourth-order valence-corrected chi connectivity index (χ4v) is 2.66. The van der Waals surface area contributed by atoms with Crippen LogP contribution in [0.3, 0.4) is 0 Å².